The summed E-state index contributed by atoms with van der Waals surface area (Å²) in [4.78, 5) is 24.5. The fourth-order valence-corrected chi connectivity index (χ4v) is 4.41. The highest BCUT2D eigenvalue weighted by atomic mass is 16.3. The van der Waals surface area contributed by atoms with E-state index < -0.39 is 11.8 Å². The number of carbonyl (C=O) groups excluding carboxylic acids is 2. The molecule has 0 radical (unpaired) electrons. The predicted octanol–water partition coefficient (Wildman–Crippen LogP) is 7.26. The SMILES string of the molecule is CC(C)n1c(O)c(N=NC(=O)CCCC(=O)N=Nc2c(O)n(C(C)C)c3ccccc23)c2ccccc21. The van der Waals surface area contributed by atoms with Gasteiger partial charge in [0.1, 0.15) is 0 Å². The molecule has 192 valence electrons. The summed E-state index contributed by atoms with van der Waals surface area (Å²) in [5.41, 5.74) is 2.08. The van der Waals surface area contributed by atoms with Crippen LogP contribution in [0.25, 0.3) is 21.8 Å². The fraction of sp³-hybridized carbons (Fsp3) is 0.333. The van der Waals surface area contributed by atoms with E-state index in [4.69, 9.17) is 0 Å². The standard InChI is InChI=1S/C27H30N6O4/c1-16(2)32-20-12-7-5-10-18(20)24(26(32)36)30-28-22(34)14-9-15-23(35)29-31-25-19-11-6-8-13-21(19)33(17(3)4)27(25)37/h5-8,10-13,16-17,36-37H,9,14-15H2,1-4H3. The Labute approximate surface area is 214 Å². The molecular weight excluding hydrogens is 472 g/mol. The first-order valence-electron chi connectivity index (χ1n) is 12.2. The number of aromatic hydroxyl groups is 2. The molecule has 0 saturated carbocycles. The van der Waals surface area contributed by atoms with E-state index in [-0.39, 0.29) is 54.5 Å². The third-order valence-electron chi connectivity index (χ3n) is 6.05. The molecule has 4 aromatic rings. The van der Waals surface area contributed by atoms with Gasteiger partial charge in [-0.3, -0.25) is 9.59 Å². The van der Waals surface area contributed by atoms with Crippen LogP contribution in [-0.4, -0.2) is 31.2 Å². The average molecular weight is 503 g/mol. The Balaban J connectivity index is 1.39. The maximum absolute atomic E-state index is 12.3. The number of azo groups is 2. The maximum Gasteiger partial charge on any atom is 0.264 e. The minimum Gasteiger partial charge on any atom is -0.493 e. The zero-order valence-electron chi connectivity index (χ0n) is 21.3. The molecular formula is C27H30N6O4. The van der Waals surface area contributed by atoms with Crippen molar-refractivity contribution >= 4 is 45.0 Å². The monoisotopic (exact) mass is 502 g/mol. The molecule has 0 aliphatic heterocycles. The molecule has 2 N–H and O–H groups in total. The molecule has 0 aliphatic carbocycles. The lowest BCUT2D eigenvalue weighted by Gasteiger charge is -2.10. The number of benzene rings is 2. The van der Waals surface area contributed by atoms with Crippen LogP contribution in [0.2, 0.25) is 0 Å². The summed E-state index contributed by atoms with van der Waals surface area (Å²) in [6.07, 6.45) is 0.202. The van der Waals surface area contributed by atoms with Gasteiger partial charge in [0.05, 0.1) is 11.0 Å². The Hall–Kier alpha value is -4.34. The van der Waals surface area contributed by atoms with Crippen LogP contribution in [0.1, 0.15) is 59.0 Å². The summed E-state index contributed by atoms with van der Waals surface area (Å²) in [6, 6.07) is 14.7. The molecule has 10 heteroatoms. The highest BCUT2D eigenvalue weighted by Crippen LogP contribution is 2.41. The van der Waals surface area contributed by atoms with Crippen LogP contribution in [-0.2, 0) is 9.59 Å². The van der Waals surface area contributed by atoms with Gasteiger partial charge in [0.25, 0.3) is 11.8 Å². The Bertz CT molecular complexity index is 1410. The lowest BCUT2D eigenvalue weighted by Crippen LogP contribution is -1.99. The topological polar surface area (TPSA) is 134 Å². The Morgan fingerprint density at radius 3 is 1.46 bits per heavy atom. The quantitative estimate of drug-likeness (QED) is 0.245. The second-order valence-corrected chi connectivity index (χ2v) is 9.35. The van der Waals surface area contributed by atoms with Gasteiger partial charge in [-0.15, -0.1) is 20.5 Å². The number of rotatable bonds is 8. The molecule has 37 heavy (non-hydrogen) atoms. The van der Waals surface area contributed by atoms with Gasteiger partial charge in [-0.05, 0) is 46.2 Å². The van der Waals surface area contributed by atoms with Gasteiger partial charge in [-0.25, -0.2) is 0 Å². The van der Waals surface area contributed by atoms with Crippen LogP contribution in [0, 0.1) is 0 Å². The molecule has 0 fully saturated rings. The largest absolute Gasteiger partial charge is 0.493 e. The van der Waals surface area contributed by atoms with E-state index in [1.165, 1.54) is 0 Å². The third-order valence-corrected chi connectivity index (χ3v) is 6.05. The number of hydrogen-bond acceptors (Lipinski definition) is 6. The molecule has 4 rings (SSSR count). The van der Waals surface area contributed by atoms with Crippen molar-refractivity contribution in [3.63, 3.8) is 0 Å². The van der Waals surface area contributed by atoms with Gasteiger partial charge in [0.15, 0.2) is 11.4 Å². The van der Waals surface area contributed by atoms with Gasteiger partial charge in [0, 0.05) is 35.7 Å². The van der Waals surface area contributed by atoms with E-state index in [1.807, 2.05) is 76.2 Å². The van der Waals surface area contributed by atoms with Crippen molar-refractivity contribution in [2.24, 2.45) is 20.5 Å². The number of carbonyl (C=O) groups is 2. The maximum atomic E-state index is 12.3. The molecule has 2 aromatic carbocycles. The number of amides is 2. The van der Waals surface area contributed by atoms with E-state index in [0.29, 0.717) is 10.8 Å². The lowest BCUT2D eigenvalue weighted by molar-refractivity contribution is -0.119. The van der Waals surface area contributed by atoms with Crippen molar-refractivity contribution in [2.75, 3.05) is 0 Å². The van der Waals surface area contributed by atoms with Crippen molar-refractivity contribution in [3.8, 4) is 11.8 Å². The molecule has 2 heterocycles. The second kappa shape index (κ2) is 10.7. The van der Waals surface area contributed by atoms with Crippen LogP contribution >= 0.6 is 0 Å². The first kappa shape index (κ1) is 25.7. The van der Waals surface area contributed by atoms with Crippen LogP contribution in [0.3, 0.4) is 0 Å². The van der Waals surface area contributed by atoms with Gasteiger partial charge >= 0.3 is 0 Å². The van der Waals surface area contributed by atoms with Crippen LogP contribution in [0.5, 0.6) is 11.8 Å². The van der Waals surface area contributed by atoms with Crippen LogP contribution < -0.4 is 0 Å². The zero-order chi connectivity index (χ0) is 26.7. The van der Waals surface area contributed by atoms with Crippen molar-refractivity contribution in [1.29, 1.82) is 0 Å². The number of para-hydroxylation sites is 2. The summed E-state index contributed by atoms with van der Waals surface area (Å²) in [5, 5.41) is 38.2. The summed E-state index contributed by atoms with van der Waals surface area (Å²) >= 11 is 0. The lowest BCUT2D eigenvalue weighted by atomic mass is 10.2. The van der Waals surface area contributed by atoms with E-state index >= 15 is 0 Å². The minimum absolute atomic E-state index is 0.00596. The highest BCUT2D eigenvalue weighted by molar-refractivity contribution is 5.96. The summed E-state index contributed by atoms with van der Waals surface area (Å²) < 4.78 is 3.46. The molecule has 0 atom stereocenters. The first-order valence-corrected chi connectivity index (χ1v) is 12.2. The molecule has 0 spiro atoms. The van der Waals surface area contributed by atoms with E-state index in [2.05, 4.69) is 20.5 Å². The van der Waals surface area contributed by atoms with Crippen molar-refractivity contribution in [2.45, 2.75) is 59.0 Å². The molecule has 10 nitrogen and oxygen atoms in total. The highest BCUT2D eigenvalue weighted by Gasteiger charge is 2.19. The normalized spacial score (nSPS) is 12.3. The number of nitrogens with zero attached hydrogens (tertiary/aromatic N) is 6. The number of fused-ring (bicyclic) bond motifs is 2. The van der Waals surface area contributed by atoms with E-state index in [9.17, 15) is 19.8 Å². The summed E-state index contributed by atoms with van der Waals surface area (Å²) in [6.45, 7) is 7.76. The Morgan fingerprint density at radius 1 is 0.703 bits per heavy atom. The Kier molecular flexibility index (Phi) is 7.47. The van der Waals surface area contributed by atoms with Crippen molar-refractivity contribution in [3.05, 3.63) is 48.5 Å². The van der Waals surface area contributed by atoms with Crippen molar-refractivity contribution < 1.29 is 19.8 Å². The third kappa shape index (κ3) is 5.13. The molecule has 2 aromatic heterocycles. The molecule has 0 unspecified atom stereocenters. The summed E-state index contributed by atoms with van der Waals surface area (Å²) in [7, 11) is 0. The van der Waals surface area contributed by atoms with Gasteiger partial charge in [0.2, 0.25) is 11.8 Å². The number of aromatic nitrogens is 2. The van der Waals surface area contributed by atoms with E-state index in [0.717, 1.165) is 11.0 Å². The Morgan fingerprint density at radius 2 is 1.08 bits per heavy atom. The minimum atomic E-state index is -0.511. The van der Waals surface area contributed by atoms with Crippen LogP contribution in [0.15, 0.2) is 69.0 Å². The number of hydrogen-bond donors (Lipinski definition) is 2. The molecule has 2 amide bonds. The van der Waals surface area contributed by atoms with Crippen molar-refractivity contribution in [1.82, 2.24) is 9.13 Å². The zero-order valence-corrected chi connectivity index (χ0v) is 21.3. The summed E-state index contributed by atoms with van der Waals surface area (Å²) in [5.74, 6) is -1.12. The van der Waals surface area contributed by atoms with Gasteiger partial charge in [-0.2, -0.15) is 0 Å². The molecule has 0 saturated heterocycles. The van der Waals surface area contributed by atoms with Gasteiger partial charge in [-0.1, -0.05) is 36.4 Å². The van der Waals surface area contributed by atoms with E-state index in [1.54, 1.807) is 9.13 Å². The average Bonchev–Trinajstić information content (AvgIpc) is 3.31. The molecule has 0 bridgehead atoms. The first-order chi connectivity index (χ1) is 17.7. The second-order valence-electron chi connectivity index (χ2n) is 9.35. The fourth-order valence-electron chi connectivity index (χ4n) is 4.41. The smallest absolute Gasteiger partial charge is 0.264 e. The predicted molar refractivity (Wildman–Crippen MR) is 141 cm³/mol. The van der Waals surface area contributed by atoms with Gasteiger partial charge < -0.3 is 19.3 Å². The molecule has 0 aliphatic rings. The van der Waals surface area contributed by atoms with Crippen LogP contribution in [0.4, 0.5) is 11.4 Å².